The summed E-state index contributed by atoms with van der Waals surface area (Å²) in [6, 6.07) is 12.7. The van der Waals surface area contributed by atoms with E-state index >= 15 is 0 Å². The SMILES string of the molecule is C[C@@H](N[C@@H]1CCC(c2ccc(OCC(=O)NS(C)(=O)=O)cc2)C1)c1ccc(F)c(Cl)c1. The Bertz CT molecular complexity index is 1030. The fraction of sp³-hybridized carbons (Fsp3) is 0.409. The van der Waals surface area contributed by atoms with Crippen LogP contribution in [-0.4, -0.2) is 33.2 Å². The lowest BCUT2D eigenvalue weighted by Gasteiger charge is -2.20. The molecule has 1 aliphatic rings. The van der Waals surface area contributed by atoms with Gasteiger partial charge in [-0.15, -0.1) is 0 Å². The van der Waals surface area contributed by atoms with Crippen LogP contribution in [0.5, 0.6) is 5.75 Å². The van der Waals surface area contributed by atoms with Gasteiger partial charge in [0.05, 0.1) is 11.3 Å². The molecule has 9 heteroatoms. The number of rotatable bonds is 8. The molecule has 31 heavy (non-hydrogen) atoms. The molecule has 3 atom stereocenters. The minimum absolute atomic E-state index is 0.0655. The standard InChI is InChI=1S/C22H26ClFN2O4S/c1-14(16-6-10-21(24)20(23)12-16)25-18-7-3-17(11-18)15-4-8-19(9-5-15)30-13-22(27)26-31(2,28)29/h4-6,8-10,12,14,17-18,25H,3,7,11,13H2,1-2H3,(H,26,27)/t14-,17?,18-/m1/s1. The average Bonchev–Trinajstić information content (AvgIpc) is 3.16. The number of halogens is 2. The van der Waals surface area contributed by atoms with Crippen molar-refractivity contribution < 1.29 is 22.3 Å². The molecule has 2 N–H and O–H groups in total. The molecule has 0 aliphatic heterocycles. The summed E-state index contributed by atoms with van der Waals surface area (Å²) in [5.74, 6) is -0.221. The molecule has 0 bridgehead atoms. The first kappa shape index (κ1) is 23.5. The summed E-state index contributed by atoms with van der Waals surface area (Å²) in [6.07, 6.45) is 3.98. The van der Waals surface area contributed by atoms with E-state index in [4.69, 9.17) is 16.3 Å². The number of hydrogen-bond donors (Lipinski definition) is 2. The fourth-order valence-electron chi connectivity index (χ4n) is 3.89. The maximum atomic E-state index is 13.4. The van der Waals surface area contributed by atoms with E-state index in [9.17, 15) is 17.6 Å². The molecule has 0 saturated heterocycles. The molecule has 0 radical (unpaired) electrons. The van der Waals surface area contributed by atoms with Crippen LogP contribution in [0.3, 0.4) is 0 Å². The molecule has 1 aliphatic carbocycles. The van der Waals surface area contributed by atoms with Crippen LogP contribution >= 0.6 is 11.6 Å². The fourth-order valence-corrected chi connectivity index (χ4v) is 4.55. The molecule has 0 heterocycles. The monoisotopic (exact) mass is 468 g/mol. The van der Waals surface area contributed by atoms with Crippen LogP contribution < -0.4 is 14.8 Å². The molecule has 1 unspecified atom stereocenters. The number of amides is 1. The molecule has 168 valence electrons. The van der Waals surface area contributed by atoms with Crippen LogP contribution in [0.15, 0.2) is 42.5 Å². The lowest BCUT2D eigenvalue weighted by molar-refractivity contribution is -0.121. The van der Waals surface area contributed by atoms with Gasteiger partial charge in [0.25, 0.3) is 5.91 Å². The van der Waals surface area contributed by atoms with Gasteiger partial charge in [0.15, 0.2) is 6.61 Å². The lowest BCUT2D eigenvalue weighted by atomic mass is 9.97. The second kappa shape index (κ2) is 9.97. The molecule has 1 amide bonds. The highest BCUT2D eigenvalue weighted by molar-refractivity contribution is 7.89. The van der Waals surface area contributed by atoms with E-state index < -0.39 is 21.7 Å². The van der Waals surface area contributed by atoms with Crippen LogP contribution in [0.25, 0.3) is 0 Å². The third kappa shape index (κ3) is 6.92. The number of nitrogens with one attached hydrogen (secondary N) is 2. The zero-order valence-electron chi connectivity index (χ0n) is 17.4. The summed E-state index contributed by atoms with van der Waals surface area (Å²) in [5, 5.41) is 3.74. The Morgan fingerprint density at radius 1 is 1.23 bits per heavy atom. The highest BCUT2D eigenvalue weighted by atomic mass is 35.5. The van der Waals surface area contributed by atoms with Crippen molar-refractivity contribution in [1.29, 1.82) is 0 Å². The maximum Gasteiger partial charge on any atom is 0.271 e. The summed E-state index contributed by atoms with van der Waals surface area (Å²) in [5.41, 5.74) is 2.14. The van der Waals surface area contributed by atoms with E-state index in [2.05, 4.69) is 5.32 Å². The van der Waals surface area contributed by atoms with Crippen molar-refractivity contribution in [2.75, 3.05) is 12.9 Å². The number of ether oxygens (including phenoxy) is 1. The van der Waals surface area contributed by atoms with Crippen LogP contribution in [0.1, 0.15) is 49.3 Å². The molecule has 0 spiro atoms. The van der Waals surface area contributed by atoms with Crippen molar-refractivity contribution in [3.8, 4) is 5.75 Å². The zero-order valence-corrected chi connectivity index (χ0v) is 19.0. The second-order valence-electron chi connectivity index (χ2n) is 7.92. The van der Waals surface area contributed by atoms with Crippen molar-refractivity contribution in [3.63, 3.8) is 0 Å². The average molecular weight is 469 g/mol. The van der Waals surface area contributed by atoms with Gasteiger partial charge in [-0.25, -0.2) is 12.8 Å². The lowest BCUT2D eigenvalue weighted by Crippen LogP contribution is -2.33. The minimum atomic E-state index is -3.59. The number of sulfonamides is 1. The third-order valence-corrected chi connectivity index (χ3v) is 6.27. The number of benzene rings is 2. The van der Waals surface area contributed by atoms with Gasteiger partial charge in [-0.3, -0.25) is 9.52 Å². The van der Waals surface area contributed by atoms with Crippen LogP contribution in [0, 0.1) is 5.82 Å². The van der Waals surface area contributed by atoms with Crippen molar-refractivity contribution in [1.82, 2.24) is 10.0 Å². The Balaban J connectivity index is 1.50. The predicted molar refractivity (Wildman–Crippen MR) is 118 cm³/mol. The largest absolute Gasteiger partial charge is 0.484 e. The van der Waals surface area contributed by atoms with E-state index in [-0.39, 0.29) is 17.7 Å². The van der Waals surface area contributed by atoms with E-state index in [0.29, 0.717) is 17.7 Å². The molecular formula is C22H26ClFN2O4S. The molecule has 6 nitrogen and oxygen atoms in total. The maximum absolute atomic E-state index is 13.4. The van der Waals surface area contributed by atoms with Gasteiger partial charge in [-0.1, -0.05) is 29.8 Å². The third-order valence-electron chi connectivity index (χ3n) is 5.38. The molecular weight excluding hydrogens is 443 g/mol. The second-order valence-corrected chi connectivity index (χ2v) is 10.1. The van der Waals surface area contributed by atoms with Crippen molar-refractivity contribution in [2.24, 2.45) is 0 Å². The molecule has 1 fully saturated rings. The van der Waals surface area contributed by atoms with Crippen LogP contribution in [-0.2, 0) is 14.8 Å². The van der Waals surface area contributed by atoms with E-state index in [1.54, 1.807) is 24.3 Å². The Kier molecular flexibility index (Phi) is 7.56. The Labute approximate surface area is 187 Å². The predicted octanol–water partition coefficient (Wildman–Crippen LogP) is 3.92. The van der Waals surface area contributed by atoms with Crippen molar-refractivity contribution >= 4 is 27.5 Å². The smallest absolute Gasteiger partial charge is 0.271 e. The van der Waals surface area contributed by atoms with Gasteiger partial charge in [0, 0.05) is 12.1 Å². The van der Waals surface area contributed by atoms with E-state index in [0.717, 1.165) is 31.1 Å². The highest BCUT2D eigenvalue weighted by Gasteiger charge is 2.27. The topological polar surface area (TPSA) is 84.5 Å². The molecule has 1 saturated carbocycles. The molecule has 2 aromatic rings. The van der Waals surface area contributed by atoms with Gasteiger partial charge in [0.2, 0.25) is 10.0 Å². The first-order valence-corrected chi connectivity index (χ1v) is 12.3. The summed E-state index contributed by atoms with van der Waals surface area (Å²) >= 11 is 5.90. The van der Waals surface area contributed by atoms with Crippen LogP contribution in [0.4, 0.5) is 4.39 Å². The zero-order chi connectivity index (χ0) is 22.6. The van der Waals surface area contributed by atoms with Crippen LogP contribution in [0.2, 0.25) is 5.02 Å². The number of hydrogen-bond acceptors (Lipinski definition) is 5. The minimum Gasteiger partial charge on any atom is -0.484 e. The summed E-state index contributed by atoms with van der Waals surface area (Å²) in [7, 11) is -3.59. The Morgan fingerprint density at radius 2 is 1.94 bits per heavy atom. The normalized spacial score (nSPS) is 19.7. The summed E-state index contributed by atoms with van der Waals surface area (Å²) < 4.78 is 42.7. The van der Waals surface area contributed by atoms with E-state index in [1.165, 1.54) is 11.6 Å². The first-order chi connectivity index (χ1) is 14.6. The molecule has 3 rings (SSSR count). The van der Waals surface area contributed by atoms with E-state index in [1.807, 2.05) is 23.8 Å². The molecule has 0 aromatic heterocycles. The summed E-state index contributed by atoms with van der Waals surface area (Å²) in [6.45, 7) is 1.68. The Hall–Kier alpha value is -2.16. The van der Waals surface area contributed by atoms with Gasteiger partial charge >= 0.3 is 0 Å². The van der Waals surface area contributed by atoms with Gasteiger partial charge in [-0.05, 0) is 67.5 Å². The number of carbonyl (C=O) groups is 1. The number of carbonyl (C=O) groups excluding carboxylic acids is 1. The Morgan fingerprint density at radius 3 is 2.58 bits per heavy atom. The van der Waals surface area contributed by atoms with Gasteiger partial charge < -0.3 is 10.1 Å². The highest BCUT2D eigenvalue weighted by Crippen LogP contribution is 2.36. The van der Waals surface area contributed by atoms with Gasteiger partial charge in [0.1, 0.15) is 11.6 Å². The van der Waals surface area contributed by atoms with Gasteiger partial charge in [-0.2, -0.15) is 0 Å². The van der Waals surface area contributed by atoms with Crippen molar-refractivity contribution in [2.45, 2.75) is 44.2 Å². The summed E-state index contributed by atoms with van der Waals surface area (Å²) in [4.78, 5) is 11.5. The van der Waals surface area contributed by atoms with Crippen molar-refractivity contribution in [3.05, 3.63) is 64.4 Å². The quantitative estimate of drug-likeness (QED) is 0.613. The molecule has 2 aromatic carbocycles. The first-order valence-electron chi connectivity index (χ1n) is 10.0.